The molecule has 0 heterocycles. The fraction of sp³-hybridized carbons (Fsp3) is 0.979. The molecule has 0 aromatic rings. The molecule has 0 aromatic heterocycles. The van der Waals surface area contributed by atoms with Crippen LogP contribution in [0.1, 0.15) is 277 Å². The van der Waals surface area contributed by atoms with Crippen LogP contribution in [0, 0.1) is 0 Å². The van der Waals surface area contributed by atoms with Crippen molar-refractivity contribution >= 4 is 5.97 Å². The van der Waals surface area contributed by atoms with Gasteiger partial charge in [-0.1, -0.05) is 258 Å². The maximum Gasteiger partial charge on any atom is 0.306 e. The lowest BCUT2D eigenvalue weighted by Gasteiger charge is -2.16. The van der Waals surface area contributed by atoms with E-state index < -0.39 is 6.10 Å². The smallest absolute Gasteiger partial charge is 0.306 e. The summed E-state index contributed by atoms with van der Waals surface area (Å²) in [4.78, 5) is 12.2. The Balaban J connectivity index is 3.33. The zero-order chi connectivity index (χ0) is 37.7. The molecule has 0 radical (unpaired) electrons. The number of hydrogen-bond acceptors (Lipinski definition) is 4. The summed E-state index contributed by atoms with van der Waals surface area (Å²) in [6, 6.07) is 0. The van der Waals surface area contributed by atoms with Gasteiger partial charge in [0, 0.05) is 13.0 Å². The first-order valence-electron chi connectivity index (χ1n) is 24.1. The van der Waals surface area contributed by atoms with E-state index in [1.807, 2.05) is 0 Å². The summed E-state index contributed by atoms with van der Waals surface area (Å²) in [6.07, 6.45) is 54.7. The predicted molar refractivity (Wildman–Crippen MR) is 228 cm³/mol. The van der Waals surface area contributed by atoms with Crippen molar-refractivity contribution in [1.82, 2.24) is 0 Å². The number of carbonyl (C=O) groups excluding carboxylic acids is 1. The number of aliphatic hydroxyl groups excluding tert-OH is 1. The lowest BCUT2D eigenvalue weighted by atomic mass is 10.0. The van der Waals surface area contributed by atoms with Gasteiger partial charge < -0.3 is 14.6 Å². The summed E-state index contributed by atoms with van der Waals surface area (Å²) in [7, 11) is 0. The average molecular weight is 737 g/mol. The Labute approximate surface area is 327 Å². The Bertz CT molecular complexity index is 652. The number of aliphatic hydroxyl groups is 1. The highest BCUT2D eigenvalue weighted by molar-refractivity contribution is 5.69. The van der Waals surface area contributed by atoms with Crippen molar-refractivity contribution in [3.8, 4) is 0 Å². The van der Waals surface area contributed by atoms with E-state index in [1.165, 1.54) is 238 Å². The van der Waals surface area contributed by atoms with Gasteiger partial charge in [0.1, 0.15) is 6.10 Å². The first kappa shape index (κ1) is 51.4. The third-order valence-electron chi connectivity index (χ3n) is 11.2. The van der Waals surface area contributed by atoms with Gasteiger partial charge in [-0.25, -0.2) is 0 Å². The van der Waals surface area contributed by atoms with Crippen molar-refractivity contribution in [3.05, 3.63) is 0 Å². The first-order chi connectivity index (χ1) is 25.7. The summed E-state index contributed by atoms with van der Waals surface area (Å²) < 4.78 is 11.2. The molecule has 0 amide bonds. The third kappa shape index (κ3) is 43.8. The second-order valence-corrected chi connectivity index (χ2v) is 16.6. The first-order valence-corrected chi connectivity index (χ1v) is 24.1. The molecular weight excluding hydrogens is 641 g/mol. The van der Waals surface area contributed by atoms with E-state index in [2.05, 4.69) is 13.8 Å². The highest BCUT2D eigenvalue weighted by atomic mass is 16.6. The molecule has 0 aromatic carbocycles. The quantitative estimate of drug-likeness (QED) is 0.0499. The fourth-order valence-corrected chi connectivity index (χ4v) is 7.57. The number of unbranched alkanes of at least 4 members (excludes halogenated alkanes) is 38. The highest BCUT2D eigenvalue weighted by Crippen LogP contribution is 2.17. The maximum absolute atomic E-state index is 12.2. The van der Waals surface area contributed by atoms with Gasteiger partial charge >= 0.3 is 5.97 Å². The molecule has 1 unspecified atom stereocenters. The molecule has 0 saturated carbocycles. The van der Waals surface area contributed by atoms with Crippen molar-refractivity contribution in [2.45, 2.75) is 283 Å². The van der Waals surface area contributed by atoms with Crippen LogP contribution >= 0.6 is 0 Å². The largest absolute Gasteiger partial charge is 0.457 e. The second kappa shape index (κ2) is 46.5. The van der Waals surface area contributed by atoms with Crippen LogP contribution in [0.5, 0.6) is 0 Å². The molecule has 0 bridgehead atoms. The van der Waals surface area contributed by atoms with Crippen LogP contribution in [-0.2, 0) is 14.3 Å². The molecule has 52 heavy (non-hydrogen) atoms. The Morgan fingerprint density at radius 2 is 0.635 bits per heavy atom. The van der Waals surface area contributed by atoms with Gasteiger partial charge in [0.05, 0.1) is 13.2 Å². The van der Waals surface area contributed by atoms with Crippen molar-refractivity contribution in [2.75, 3.05) is 19.8 Å². The molecule has 0 fully saturated rings. The zero-order valence-electron chi connectivity index (χ0n) is 35.9. The lowest BCUT2D eigenvalue weighted by molar-refractivity contribution is -0.154. The second-order valence-electron chi connectivity index (χ2n) is 16.6. The number of rotatable bonds is 46. The van der Waals surface area contributed by atoms with Gasteiger partial charge in [-0.2, -0.15) is 0 Å². The molecule has 0 spiro atoms. The van der Waals surface area contributed by atoms with Crippen molar-refractivity contribution in [3.63, 3.8) is 0 Å². The number of hydrogen-bond donors (Lipinski definition) is 1. The summed E-state index contributed by atoms with van der Waals surface area (Å²) in [5.74, 6) is -0.191. The van der Waals surface area contributed by atoms with Gasteiger partial charge in [0.15, 0.2) is 0 Å². The molecule has 0 saturated heterocycles. The molecule has 0 aliphatic rings. The van der Waals surface area contributed by atoms with Crippen LogP contribution in [0.4, 0.5) is 0 Å². The van der Waals surface area contributed by atoms with Crippen molar-refractivity contribution in [1.29, 1.82) is 0 Å². The number of carbonyl (C=O) groups is 1. The molecule has 1 atom stereocenters. The summed E-state index contributed by atoms with van der Waals surface area (Å²) in [5.41, 5.74) is 0. The Hall–Kier alpha value is -0.610. The van der Waals surface area contributed by atoms with Crippen LogP contribution in [0.15, 0.2) is 0 Å². The molecule has 0 aliphatic carbocycles. The number of esters is 1. The third-order valence-corrected chi connectivity index (χ3v) is 11.2. The summed E-state index contributed by atoms with van der Waals surface area (Å²) in [5, 5.41) is 9.63. The Morgan fingerprint density at radius 1 is 0.385 bits per heavy atom. The standard InChI is InChI=1S/C48H96O4/c1-3-5-7-9-11-13-15-17-19-21-23-24-25-27-29-31-33-35-37-39-41-43-48(50)52-47(45-49)46-51-44-42-40-38-36-34-32-30-28-26-22-20-18-16-14-12-10-8-6-4-2/h47,49H,3-46H2,1-2H3. The minimum atomic E-state index is -0.525. The average Bonchev–Trinajstić information content (AvgIpc) is 3.15. The molecule has 1 N–H and O–H groups in total. The molecule has 0 rings (SSSR count). The minimum absolute atomic E-state index is 0.162. The molecule has 4 nitrogen and oxygen atoms in total. The fourth-order valence-electron chi connectivity index (χ4n) is 7.57. The highest BCUT2D eigenvalue weighted by Gasteiger charge is 2.13. The van der Waals surface area contributed by atoms with Gasteiger partial charge in [0.25, 0.3) is 0 Å². The summed E-state index contributed by atoms with van der Waals surface area (Å²) in [6.45, 7) is 5.42. The summed E-state index contributed by atoms with van der Waals surface area (Å²) >= 11 is 0. The van der Waals surface area contributed by atoms with Crippen LogP contribution in [-0.4, -0.2) is 37.0 Å². The normalized spacial score (nSPS) is 12.1. The molecule has 0 aliphatic heterocycles. The van der Waals surface area contributed by atoms with E-state index in [4.69, 9.17) is 9.47 Å². The van der Waals surface area contributed by atoms with Crippen LogP contribution in [0.25, 0.3) is 0 Å². The topological polar surface area (TPSA) is 55.8 Å². The van der Waals surface area contributed by atoms with Gasteiger partial charge in [-0.15, -0.1) is 0 Å². The van der Waals surface area contributed by atoms with Gasteiger partial charge in [-0.3, -0.25) is 4.79 Å². The number of ether oxygens (including phenoxy) is 2. The predicted octanol–water partition coefficient (Wildman–Crippen LogP) is 15.9. The van der Waals surface area contributed by atoms with E-state index in [0.29, 0.717) is 19.6 Å². The molecule has 312 valence electrons. The Morgan fingerprint density at radius 3 is 0.904 bits per heavy atom. The van der Waals surface area contributed by atoms with E-state index in [0.717, 1.165) is 19.3 Å². The van der Waals surface area contributed by atoms with Gasteiger partial charge in [0.2, 0.25) is 0 Å². The SMILES string of the molecule is CCCCCCCCCCCCCCCCCCCCCCCC(=O)OC(CO)COCCCCCCCCCCCCCCCCCCCCC. The van der Waals surface area contributed by atoms with E-state index in [-0.39, 0.29) is 12.6 Å². The van der Waals surface area contributed by atoms with Crippen molar-refractivity contribution < 1.29 is 19.4 Å². The lowest BCUT2D eigenvalue weighted by Crippen LogP contribution is -2.27. The van der Waals surface area contributed by atoms with E-state index in [1.54, 1.807) is 0 Å². The Kier molecular flexibility index (Phi) is 46.0. The van der Waals surface area contributed by atoms with Crippen LogP contribution in [0.2, 0.25) is 0 Å². The van der Waals surface area contributed by atoms with Crippen LogP contribution in [0.3, 0.4) is 0 Å². The monoisotopic (exact) mass is 737 g/mol. The molecule has 4 heteroatoms. The van der Waals surface area contributed by atoms with Gasteiger partial charge in [-0.05, 0) is 12.8 Å². The van der Waals surface area contributed by atoms with Crippen molar-refractivity contribution in [2.24, 2.45) is 0 Å². The molecular formula is C48H96O4. The van der Waals surface area contributed by atoms with E-state index in [9.17, 15) is 9.90 Å². The minimum Gasteiger partial charge on any atom is -0.457 e. The van der Waals surface area contributed by atoms with Crippen LogP contribution < -0.4 is 0 Å². The van der Waals surface area contributed by atoms with E-state index >= 15 is 0 Å². The maximum atomic E-state index is 12.2. The zero-order valence-corrected chi connectivity index (χ0v) is 35.9.